The Bertz CT molecular complexity index is 377. The molecule has 0 aromatic carbocycles. The second kappa shape index (κ2) is 6.35. The third kappa shape index (κ3) is 5.19. The fourth-order valence-corrected chi connectivity index (χ4v) is 2.73. The van der Waals surface area contributed by atoms with Gasteiger partial charge in [0, 0.05) is 13.1 Å². The Morgan fingerprint density at radius 1 is 1.50 bits per heavy atom. The molecule has 1 heterocycles. The van der Waals surface area contributed by atoms with Crippen LogP contribution in [0.4, 0.5) is 4.79 Å². The van der Waals surface area contributed by atoms with Gasteiger partial charge in [-0.3, -0.25) is 0 Å². The molecule has 18 heavy (non-hydrogen) atoms. The highest BCUT2D eigenvalue weighted by Gasteiger charge is 2.28. The van der Waals surface area contributed by atoms with Crippen molar-refractivity contribution in [3.8, 4) is 0 Å². The lowest BCUT2D eigenvalue weighted by atomic mass is 9.83. The highest BCUT2D eigenvalue weighted by molar-refractivity contribution is 7.88. The maximum absolute atomic E-state index is 11.6. The van der Waals surface area contributed by atoms with Crippen LogP contribution in [0, 0.1) is 5.41 Å². The van der Waals surface area contributed by atoms with Crippen molar-refractivity contribution >= 4 is 16.3 Å². The van der Waals surface area contributed by atoms with E-state index in [0.717, 1.165) is 25.9 Å². The second-order valence-electron chi connectivity index (χ2n) is 4.74. The van der Waals surface area contributed by atoms with Crippen LogP contribution in [-0.2, 0) is 14.9 Å². The van der Waals surface area contributed by atoms with Gasteiger partial charge in [0.25, 0.3) is 0 Å². The van der Waals surface area contributed by atoms with Gasteiger partial charge in [-0.2, -0.15) is 13.1 Å². The van der Waals surface area contributed by atoms with Gasteiger partial charge in [0.05, 0.1) is 6.61 Å². The van der Waals surface area contributed by atoms with Gasteiger partial charge in [-0.15, -0.1) is 0 Å². The van der Waals surface area contributed by atoms with Crippen molar-refractivity contribution in [2.45, 2.75) is 26.7 Å². The largest absolute Gasteiger partial charge is 0.449 e. The van der Waals surface area contributed by atoms with Crippen LogP contribution in [0.15, 0.2) is 0 Å². The summed E-state index contributed by atoms with van der Waals surface area (Å²) in [5.41, 5.74) is -0.123. The molecule has 1 rings (SSSR count). The zero-order chi connectivity index (χ0) is 13.6. The molecule has 0 aliphatic carbocycles. The van der Waals surface area contributed by atoms with Crippen LogP contribution in [0.2, 0.25) is 0 Å². The topological polar surface area (TPSA) is 96.5 Å². The standard InChI is InChI=1S/C10H21N3O4S/c1-3-17-9(14)13-18(15,16)12-8-10(2)5-4-6-11-7-10/h11-12H,3-8H2,1-2H3,(H,13,14). The van der Waals surface area contributed by atoms with E-state index in [2.05, 4.69) is 14.8 Å². The molecule has 106 valence electrons. The average Bonchev–Trinajstić information content (AvgIpc) is 2.27. The third-order valence-corrected chi connectivity index (χ3v) is 3.83. The van der Waals surface area contributed by atoms with Crippen LogP contribution in [-0.4, -0.2) is 40.8 Å². The molecule has 1 atom stereocenters. The van der Waals surface area contributed by atoms with Gasteiger partial charge >= 0.3 is 16.3 Å². The molecule has 1 aliphatic rings. The summed E-state index contributed by atoms with van der Waals surface area (Å²) in [4.78, 5) is 11.0. The zero-order valence-electron chi connectivity index (χ0n) is 10.8. The summed E-state index contributed by atoms with van der Waals surface area (Å²) in [7, 11) is -3.84. The molecule has 0 radical (unpaired) electrons. The monoisotopic (exact) mass is 279 g/mol. The van der Waals surface area contributed by atoms with E-state index in [1.54, 1.807) is 11.6 Å². The van der Waals surface area contributed by atoms with Gasteiger partial charge in [0.1, 0.15) is 0 Å². The fourth-order valence-electron chi connectivity index (χ4n) is 1.85. The maximum Gasteiger partial charge on any atom is 0.421 e. The van der Waals surface area contributed by atoms with E-state index in [0.29, 0.717) is 0 Å². The van der Waals surface area contributed by atoms with Crippen molar-refractivity contribution in [3.05, 3.63) is 0 Å². The average molecular weight is 279 g/mol. The van der Waals surface area contributed by atoms with E-state index >= 15 is 0 Å². The Hall–Kier alpha value is -0.860. The van der Waals surface area contributed by atoms with Crippen LogP contribution in [0.1, 0.15) is 26.7 Å². The van der Waals surface area contributed by atoms with Gasteiger partial charge in [-0.25, -0.2) is 9.52 Å². The first-order chi connectivity index (χ1) is 8.37. The number of carbonyl (C=O) groups excluding carboxylic acids is 1. The molecule has 3 N–H and O–H groups in total. The lowest BCUT2D eigenvalue weighted by Gasteiger charge is -2.34. The van der Waals surface area contributed by atoms with Crippen molar-refractivity contribution in [2.75, 3.05) is 26.2 Å². The first-order valence-corrected chi connectivity index (χ1v) is 7.50. The minimum atomic E-state index is -3.84. The molecule has 0 saturated carbocycles. The molecule has 0 bridgehead atoms. The second-order valence-corrected chi connectivity index (χ2v) is 6.24. The highest BCUT2D eigenvalue weighted by Crippen LogP contribution is 2.24. The van der Waals surface area contributed by atoms with E-state index in [1.165, 1.54) is 0 Å². The van der Waals surface area contributed by atoms with E-state index in [-0.39, 0.29) is 18.6 Å². The highest BCUT2D eigenvalue weighted by atomic mass is 32.2. The molecule has 1 unspecified atom stereocenters. The smallest absolute Gasteiger partial charge is 0.421 e. The molecule has 8 heteroatoms. The summed E-state index contributed by atoms with van der Waals surface area (Å²) in [6.07, 6.45) is 1.00. The Balaban J connectivity index is 2.43. The summed E-state index contributed by atoms with van der Waals surface area (Å²) in [6, 6.07) is 0. The van der Waals surface area contributed by atoms with Crippen LogP contribution in [0.5, 0.6) is 0 Å². The van der Waals surface area contributed by atoms with E-state index in [9.17, 15) is 13.2 Å². The van der Waals surface area contributed by atoms with E-state index in [4.69, 9.17) is 0 Å². The van der Waals surface area contributed by atoms with Crippen molar-refractivity contribution in [3.63, 3.8) is 0 Å². The number of ether oxygens (including phenoxy) is 1. The normalized spacial score (nSPS) is 24.6. The maximum atomic E-state index is 11.6. The molecular formula is C10H21N3O4S. The SMILES string of the molecule is CCOC(=O)NS(=O)(=O)NCC1(C)CCCNC1. The van der Waals surface area contributed by atoms with Crippen LogP contribution >= 0.6 is 0 Å². The molecule has 1 aliphatic heterocycles. The zero-order valence-corrected chi connectivity index (χ0v) is 11.6. The summed E-state index contributed by atoms with van der Waals surface area (Å²) >= 11 is 0. The Morgan fingerprint density at radius 2 is 2.22 bits per heavy atom. The minimum Gasteiger partial charge on any atom is -0.449 e. The predicted molar refractivity (Wildman–Crippen MR) is 67.3 cm³/mol. The van der Waals surface area contributed by atoms with Gasteiger partial charge in [-0.05, 0) is 31.7 Å². The van der Waals surface area contributed by atoms with Crippen LogP contribution in [0.3, 0.4) is 0 Å². The molecular weight excluding hydrogens is 258 g/mol. The Labute approximate surface area is 108 Å². The lowest BCUT2D eigenvalue weighted by Crippen LogP contribution is -2.49. The lowest BCUT2D eigenvalue weighted by molar-refractivity contribution is 0.158. The molecule has 1 fully saturated rings. The van der Waals surface area contributed by atoms with Gasteiger partial charge < -0.3 is 10.1 Å². The fraction of sp³-hybridized carbons (Fsp3) is 0.900. The van der Waals surface area contributed by atoms with Crippen LogP contribution in [0.25, 0.3) is 0 Å². The molecule has 0 spiro atoms. The quantitative estimate of drug-likeness (QED) is 0.656. The minimum absolute atomic E-state index is 0.123. The van der Waals surface area contributed by atoms with Gasteiger partial charge in [0.15, 0.2) is 0 Å². The van der Waals surface area contributed by atoms with Crippen molar-refractivity contribution in [2.24, 2.45) is 5.41 Å². The molecule has 0 aromatic heterocycles. The third-order valence-electron chi connectivity index (χ3n) is 2.87. The Morgan fingerprint density at radius 3 is 2.78 bits per heavy atom. The summed E-state index contributed by atoms with van der Waals surface area (Å²) < 4.78 is 31.8. The van der Waals surface area contributed by atoms with Crippen molar-refractivity contribution in [1.29, 1.82) is 0 Å². The van der Waals surface area contributed by atoms with E-state index in [1.807, 2.05) is 6.92 Å². The summed E-state index contributed by atoms with van der Waals surface area (Å²) in [5, 5.41) is 3.23. The number of carbonyl (C=O) groups is 1. The number of hydrogen-bond donors (Lipinski definition) is 3. The number of nitrogens with one attached hydrogen (secondary N) is 3. The predicted octanol–water partition coefficient (Wildman–Crippen LogP) is -0.0434. The Kier molecular flexibility index (Phi) is 5.36. The molecule has 7 nitrogen and oxygen atoms in total. The van der Waals surface area contributed by atoms with Crippen molar-refractivity contribution < 1.29 is 17.9 Å². The molecule has 0 aromatic rings. The molecule has 1 amide bonds. The number of hydrogen-bond acceptors (Lipinski definition) is 5. The first kappa shape index (κ1) is 15.2. The summed E-state index contributed by atoms with van der Waals surface area (Å²) in [5.74, 6) is 0. The van der Waals surface area contributed by atoms with Gasteiger partial charge in [0.2, 0.25) is 0 Å². The molecule has 1 saturated heterocycles. The van der Waals surface area contributed by atoms with E-state index < -0.39 is 16.3 Å². The summed E-state index contributed by atoms with van der Waals surface area (Å²) in [6.45, 7) is 5.75. The number of rotatable bonds is 5. The van der Waals surface area contributed by atoms with Gasteiger partial charge in [-0.1, -0.05) is 6.92 Å². The number of piperidine rings is 1. The first-order valence-electron chi connectivity index (χ1n) is 6.02. The van der Waals surface area contributed by atoms with Crippen LogP contribution < -0.4 is 14.8 Å². The number of amides is 1. The van der Waals surface area contributed by atoms with Crippen molar-refractivity contribution in [1.82, 2.24) is 14.8 Å².